The van der Waals surface area contributed by atoms with E-state index in [4.69, 9.17) is 4.74 Å². The number of hydrogen-bond acceptors (Lipinski definition) is 5. The number of imide groups is 1. The molecule has 3 rings (SSSR count). The van der Waals surface area contributed by atoms with Crippen LogP contribution in [0.2, 0.25) is 0 Å². The van der Waals surface area contributed by atoms with E-state index in [1.807, 2.05) is 0 Å². The van der Waals surface area contributed by atoms with Crippen molar-refractivity contribution >= 4 is 17.8 Å². The SMILES string of the molecule is CC(CNC(=O)CN1C(=O)NC2(CCC(C(C)(C)C)CC2)C1=O)N1CCOCC1. The Hall–Kier alpha value is -1.67. The van der Waals surface area contributed by atoms with Gasteiger partial charge in [-0.15, -0.1) is 0 Å². The fraction of sp³-hybridized carbons (Fsp3) is 0.857. The van der Waals surface area contributed by atoms with Crippen molar-refractivity contribution in [2.24, 2.45) is 11.3 Å². The molecule has 8 heteroatoms. The Morgan fingerprint density at radius 1 is 1.24 bits per heavy atom. The van der Waals surface area contributed by atoms with Gasteiger partial charge in [0.1, 0.15) is 12.1 Å². The Morgan fingerprint density at radius 3 is 2.45 bits per heavy atom. The van der Waals surface area contributed by atoms with Crippen molar-refractivity contribution in [2.45, 2.75) is 65.0 Å². The average molecular weight is 409 g/mol. The molecule has 1 atom stereocenters. The van der Waals surface area contributed by atoms with Crippen molar-refractivity contribution in [1.29, 1.82) is 0 Å². The average Bonchev–Trinajstić information content (AvgIpc) is 2.90. The highest BCUT2D eigenvalue weighted by atomic mass is 16.5. The summed E-state index contributed by atoms with van der Waals surface area (Å²) in [5.41, 5.74) is -0.621. The maximum atomic E-state index is 13.0. The molecule has 0 aromatic heterocycles. The van der Waals surface area contributed by atoms with Gasteiger partial charge >= 0.3 is 6.03 Å². The second-order valence-corrected chi connectivity index (χ2v) is 9.85. The van der Waals surface area contributed by atoms with Gasteiger partial charge in [-0.1, -0.05) is 20.8 Å². The maximum Gasteiger partial charge on any atom is 0.325 e. The number of urea groups is 1. The molecule has 1 unspecified atom stereocenters. The molecule has 0 aromatic carbocycles. The molecule has 8 nitrogen and oxygen atoms in total. The van der Waals surface area contributed by atoms with Crippen LogP contribution in [0.25, 0.3) is 0 Å². The van der Waals surface area contributed by atoms with Gasteiger partial charge in [-0.05, 0) is 43.9 Å². The number of ether oxygens (including phenoxy) is 1. The molecule has 3 fully saturated rings. The van der Waals surface area contributed by atoms with Crippen LogP contribution in [0.5, 0.6) is 0 Å². The first-order valence-corrected chi connectivity index (χ1v) is 10.8. The van der Waals surface area contributed by atoms with Gasteiger partial charge < -0.3 is 15.4 Å². The third kappa shape index (κ3) is 4.91. The van der Waals surface area contributed by atoms with Crippen LogP contribution in [0.1, 0.15) is 53.4 Å². The highest BCUT2D eigenvalue weighted by Gasteiger charge is 2.53. The van der Waals surface area contributed by atoms with E-state index in [1.54, 1.807) is 0 Å². The van der Waals surface area contributed by atoms with Gasteiger partial charge in [0.2, 0.25) is 5.91 Å². The quantitative estimate of drug-likeness (QED) is 0.670. The van der Waals surface area contributed by atoms with Crippen LogP contribution >= 0.6 is 0 Å². The third-order valence-corrected chi connectivity index (χ3v) is 6.88. The number of carbonyl (C=O) groups excluding carboxylic acids is 3. The van der Waals surface area contributed by atoms with Crippen LogP contribution in [0, 0.1) is 11.3 Å². The Morgan fingerprint density at radius 2 is 1.86 bits per heavy atom. The monoisotopic (exact) mass is 408 g/mol. The van der Waals surface area contributed by atoms with Crippen LogP contribution in [0.3, 0.4) is 0 Å². The highest BCUT2D eigenvalue weighted by molar-refractivity contribution is 6.09. The number of rotatable bonds is 5. The van der Waals surface area contributed by atoms with E-state index >= 15 is 0 Å². The number of carbonyl (C=O) groups is 3. The predicted octanol–water partition coefficient (Wildman–Crippen LogP) is 1.35. The Labute approximate surface area is 173 Å². The molecule has 0 bridgehead atoms. The van der Waals surface area contributed by atoms with E-state index < -0.39 is 11.6 Å². The molecule has 0 radical (unpaired) electrons. The topological polar surface area (TPSA) is 91.0 Å². The fourth-order valence-corrected chi connectivity index (χ4v) is 4.74. The minimum atomic E-state index is -0.819. The lowest BCUT2D eigenvalue weighted by Crippen LogP contribution is -2.51. The van der Waals surface area contributed by atoms with Crippen molar-refractivity contribution in [3.63, 3.8) is 0 Å². The van der Waals surface area contributed by atoms with E-state index in [9.17, 15) is 14.4 Å². The van der Waals surface area contributed by atoms with Crippen LogP contribution in [-0.4, -0.2) is 78.6 Å². The largest absolute Gasteiger partial charge is 0.379 e. The summed E-state index contributed by atoms with van der Waals surface area (Å²) in [7, 11) is 0. The van der Waals surface area contributed by atoms with Gasteiger partial charge in [0.25, 0.3) is 5.91 Å². The zero-order valence-electron chi connectivity index (χ0n) is 18.3. The lowest BCUT2D eigenvalue weighted by molar-refractivity contribution is -0.136. The lowest BCUT2D eigenvalue weighted by atomic mass is 9.67. The molecular weight excluding hydrogens is 372 g/mol. The Kier molecular flexibility index (Phi) is 6.53. The molecule has 2 saturated heterocycles. The number of hydrogen-bond donors (Lipinski definition) is 2. The van der Waals surface area contributed by atoms with Gasteiger partial charge in [-0.25, -0.2) is 4.79 Å². The van der Waals surface area contributed by atoms with Crippen molar-refractivity contribution in [1.82, 2.24) is 20.4 Å². The second-order valence-electron chi connectivity index (χ2n) is 9.85. The van der Waals surface area contributed by atoms with E-state index in [2.05, 4.69) is 43.2 Å². The van der Waals surface area contributed by atoms with Gasteiger partial charge in [0.15, 0.2) is 0 Å². The Bertz CT molecular complexity index is 631. The van der Waals surface area contributed by atoms with Gasteiger partial charge in [-0.2, -0.15) is 0 Å². The Balaban J connectivity index is 1.50. The lowest BCUT2D eigenvalue weighted by Gasteiger charge is -2.40. The highest BCUT2D eigenvalue weighted by Crippen LogP contribution is 2.43. The zero-order chi connectivity index (χ0) is 21.2. The van der Waals surface area contributed by atoms with Crippen LogP contribution in [0.15, 0.2) is 0 Å². The summed E-state index contributed by atoms with van der Waals surface area (Å²) in [6, 6.07) is -0.259. The third-order valence-electron chi connectivity index (χ3n) is 6.88. The summed E-state index contributed by atoms with van der Waals surface area (Å²) in [5, 5.41) is 5.77. The fourth-order valence-electron chi connectivity index (χ4n) is 4.74. The molecule has 2 heterocycles. The molecule has 1 aliphatic carbocycles. The summed E-state index contributed by atoms with van der Waals surface area (Å²) >= 11 is 0. The van der Waals surface area contributed by atoms with Gasteiger partial charge in [-0.3, -0.25) is 19.4 Å². The number of nitrogens with zero attached hydrogens (tertiary/aromatic N) is 2. The molecule has 3 aliphatic rings. The van der Waals surface area contributed by atoms with Crippen LogP contribution in [-0.2, 0) is 14.3 Å². The molecule has 1 spiro atoms. The number of amides is 4. The van der Waals surface area contributed by atoms with E-state index in [0.29, 0.717) is 38.5 Å². The summed E-state index contributed by atoms with van der Waals surface area (Å²) < 4.78 is 5.35. The van der Waals surface area contributed by atoms with Crippen LogP contribution in [0.4, 0.5) is 4.79 Å². The molecule has 29 heavy (non-hydrogen) atoms. The van der Waals surface area contributed by atoms with Crippen molar-refractivity contribution in [2.75, 3.05) is 39.4 Å². The molecule has 4 amide bonds. The van der Waals surface area contributed by atoms with E-state index in [0.717, 1.165) is 30.8 Å². The summed E-state index contributed by atoms with van der Waals surface area (Å²) in [4.78, 5) is 41.2. The van der Waals surface area contributed by atoms with Crippen molar-refractivity contribution < 1.29 is 19.1 Å². The first-order chi connectivity index (χ1) is 13.6. The standard InChI is InChI=1S/C21H36N4O4/c1-15(24-9-11-29-12-10-24)13-22-17(26)14-25-18(27)21(23-19(25)28)7-5-16(6-8-21)20(2,3)4/h15-16H,5-14H2,1-4H3,(H,22,26)(H,23,28). The molecular formula is C21H36N4O4. The van der Waals surface area contributed by atoms with Crippen LogP contribution < -0.4 is 10.6 Å². The second kappa shape index (κ2) is 8.60. The minimum absolute atomic E-state index is 0.185. The molecule has 2 aliphatic heterocycles. The molecule has 164 valence electrons. The number of nitrogens with one attached hydrogen (secondary N) is 2. The molecule has 0 aromatic rings. The first kappa shape index (κ1) is 22.0. The normalized spacial score (nSPS) is 29.8. The maximum absolute atomic E-state index is 13.0. The van der Waals surface area contributed by atoms with Gasteiger partial charge in [0.05, 0.1) is 13.2 Å². The predicted molar refractivity (Wildman–Crippen MR) is 109 cm³/mol. The smallest absolute Gasteiger partial charge is 0.325 e. The minimum Gasteiger partial charge on any atom is -0.379 e. The summed E-state index contributed by atoms with van der Waals surface area (Å²) in [6.45, 7) is 12.1. The summed E-state index contributed by atoms with van der Waals surface area (Å²) in [6.07, 6.45) is 3.11. The van der Waals surface area contributed by atoms with Crippen molar-refractivity contribution in [3.8, 4) is 0 Å². The van der Waals surface area contributed by atoms with Gasteiger partial charge in [0, 0.05) is 25.7 Å². The zero-order valence-corrected chi connectivity index (χ0v) is 18.3. The van der Waals surface area contributed by atoms with E-state index in [-0.39, 0.29) is 29.8 Å². The summed E-state index contributed by atoms with van der Waals surface area (Å²) in [5.74, 6) is -0.00266. The van der Waals surface area contributed by atoms with E-state index in [1.165, 1.54) is 0 Å². The van der Waals surface area contributed by atoms with Crippen molar-refractivity contribution in [3.05, 3.63) is 0 Å². The molecule has 2 N–H and O–H groups in total. The first-order valence-electron chi connectivity index (χ1n) is 10.8. The number of morpholine rings is 1. The molecule has 1 saturated carbocycles.